The molecule has 1 aliphatic heterocycles. The molecule has 3 rings (SSSR count). The van der Waals surface area contributed by atoms with E-state index in [0.717, 1.165) is 29.6 Å². The molecule has 0 spiro atoms. The Balaban J connectivity index is 2.26. The molecule has 1 aromatic heterocycles. The zero-order chi connectivity index (χ0) is 12.7. The Hall–Kier alpha value is -1.00. The smallest absolute Gasteiger partial charge is 0.123 e. The molecule has 0 fully saturated rings. The van der Waals surface area contributed by atoms with Crippen LogP contribution in [0.4, 0.5) is 4.39 Å². The SMILES string of the molecule is CNCC1CCSc2c1c1cc(F)ccc1n2C. The average Bonchev–Trinajstić information content (AvgIpc) is 2.64. The van der Waals surface area contributed by atoms with Crippen LogP contribution in [0.5, 0.6) is 0 Å². The Bertz CT molecular complexity index is 591. The van der Waals surface area contributed by atoms with Gasteiger partial charge in [-0.1, -0.05) is 0 Å². The quantitative estimate of drug-likeness (QED) is 0.897. The van der Waals surface area contributed by atoms with Gasteiger partial charge in [-0.2, -0.15) is 0 Å². The summed E-state index contributed by atoms with van der Waals surface area (Å²) < 4.78 is 15.7. The molecular formula is C14H17FN2S. The second-order valence-corrected chi connectivity index (χ2v) is 5.91. The highest BCUT2D eigenvalue weighted by molar-refractivity contribution is 7.99. The number of rotatable bonds is 2. The van der Waals surface area contributed by atoms with Crippen LogP contribution in [0.15, 0.2) is 23.2 Å². The summed E-state index contributed by atoms with van der Waals surface area (Å²) in [7, 11) is 4.06. The molecule has 0 amide bonds. The Morgan fingerprint density at radius 2 is 2.33 bits per heavy atom. The number of hydrogen-bond acceptors (Lipinski definition) is 2. The van der Waals surface area contributed by atoms with Gasteiger partial charge in [0.2, 0.25) is 0 Å². The normalized spacial score (nSPS) is 19.2. The topological polar surface area (TPSA) is 17.0 Å². The van der Waals surface area contributed by atoms with Crippen molar-refractivity contribution in [3.8, 4) is 0 Å². The van der Waals surface area contributed by atoms with Crippen LogP contribution in [0.1, 0.15) is 17.9 Å². The maximum Gasteiger partial charge on any atom is 0.123 e. The van der Waals surface area contributed by atoms with E-state index >= 15 is 0 Å². The molecule has 2 aromatic rings. The van der Waals surface area contributed by atoms with Gasteiger partial charge in [-0.3, -0.25) is 0 Å². The van der Waals surface area contributed by atoms with Crippen molar-refractivity contribution in [1.82, 2.24) is 9.88 Å². The van der Waals surface area contributed by atoms with Crippen LogP contribution in [0.3, 0.4) is 0 Å². The van der Waals surface area contributed by atoms with Crippen molar-refractivity contribution in [3.63, 3.8) is 0 Å². The first-order chi connectivity index (χ1) is 8.72. The van der Waals surface area contributed by atoms with E-state index in [-0.39, 0.29) is 5.82 Å². The molecule has 1 aromatic carbocycles. The summed E-state index contributed by atoms with van der Waals surface area (Å²) in [5.74, 6) is 1.50. The molecule has 0 aliphatic carbocycles. The summed E-state index contributed by atoms with van der Waals surface area (Å²) in [4.78, 5) is 0. The number of benzene rings is 1. The fourth-order valence-corrected chi connectivity index (χ4v) is 4.20. The Labute approximate surface area is 111 Å². The van der Waals surface area contributed by atoms with Gasteiger partial charge in [0.1, 0.15) is 5.82 Å². The van der Waals surface area contributed by atoms with E-state index in [4.69, 9.17) is 0 Å². The summed E-state index contributed by atoms with van der Waals surface area (Å²) in [6.07, 6.45) is 1.16. The van der Waals surface area contributed by atoms with E-state index in [0.29, 0.717) is 5.92 Å². The largest absolute Gasteiger partial charge is 0.339 e. The van der Waals surface area contributed by atoms with Crippen LogP contribution in [-0.4, -0.2) is 23.9 Å². The molecule has 96 valence electrons. The van der Waals surface area contributed by atoms with Crippen LogP contribution in [0.25, 0.3) is 10.9 Å². The molecule has 4 heteroatoms. The number of likely N-dealkylation sites (N-methyl/N-ethyl adjacent to an activating group) is 1. The predicted octanol–water partition coefficient (Wildman–Crippen LogP) is 3.12. The first-order valence-electron chi connectivity index (χ1n) is 6.27. The molecule has 0 bridgehead atoms. The zero-order valence-corrected chi connectivity index (χ0v) is 11.5. The van der Waals surface area contributed by atoms with E-state index in [1.807, 2.05) is 24.9 Å². The number of nitrogens with one attached hydrogen (secondary N) is 1. The number of thioether (sulfide) groups is 1. The lowest BCUT2D eigenvalue weighted by molar-refractivity contribution is 0.594. The van der Waals surface area contributed by atoms with Crippen molar-refractivity contribution in [2.75, 3.05) is 19.3 Å². The molecule has 0 radical (unpaired) electrons. The first-order valence-corrected chi connectivity index (χ1v) is 7.26. The zero-order valence-electron chi connectivity index (χ0n) is 10.7. The van der Waals surface area contributed by atoms with Crippen LogP contribution in [0, 0.1) is 5.82 Å². The Kier molecular flexibility index (Phi) is 3.08. The van der Waals surface area contributed by atoms with Crippen LogP contribution < -0.4 is 5.32 Å². The summed E-state index contributed by atoms with van der Waals surface area (Å²) in [5, 5.41) is 5.65. The van der Waals surface area contributed by atoms with E-state index in [9.17, 15) is 4.39 Å². The lowest BCUT2D eigenvalue weighted by Crippen LogP contribution is -2.20. The summed E-state index contributed by atoms with van der Waals surface area (Å²) in [6, 6.07) is 5.12. The standard InChI is InChI=1S/C14H17FN2S/c1-16-8-9-5-6-18-14-13(9)11-7-10(15)3-4-12(11)17(14)2/h3-4,7,9,16H,5-6,8H2,1-2H3. The highest BCUT2D eigenvalue weighted by Gasteiger charge is 2.26. The first kappa shape index (κ1) is 12.1. The Morgan fingerprint density at radius 1 is 1.50 bits per heavy atom. The molecule has 2 heterocycles. The number of aromatic nitrogens is 1. The second-order valence-electron chi connectivity index (χ2n) is 4.83. The summed E-state index contributed by atoms with van der Waals surface area (Å²) >= 11 is 1.89. The van der Waals surface area contributed by atoms with Crippen molar-refractivity contribution in [2.24, 2.45) is 7.05 Å². The number of hydrogen-bond donors (Lipinski definition) is 1. The maximum atomic E-state index is 13.5. The molecule has 0 saturated carbocycles. The highest BCUT2D eigenvalue weighted by atomic mass is 32.2. The van der Waals surface area contributed by atoms with Crippen molar-refractivity contribution in [3.05, 3.63) is 29.6 Å². The summed E-state index contributed by atoms with van der Waals surface area (Å²) in [5.41, 5.74) is 2.47. The minimum absolute atomic E-state index is 0.144. The van der Waals surface area contributed by atoms with Gasteiger partial charge < -0.3 is 9.88 Å². The maximum absolute atomic E-state index is 13.5. The van der Waals surface area contributed by atoms with Gasteiger partial charge in [0.05, 0.1) is 5.03 Å². The van der Waals surface area contributed by atoms with Crippen molar-refractivity contribution >= 4 is 22.7 Å². The minimum atomic E-state index is -0.144. The minimum Gasteiger partial charge on any atom is -0.339 e. The molecule has 1 aliphatic rings. The molecule has 1 unspecified atom stereocenters. The van der Waals surface area contributed by atoms with Gasteiger partial charge in [-0.25, -0.2) is 4.39 Å². The third kappa shape index (κ3) is 1.75. The number of aryl methyl sites for hydroxylation is 1. The molecule has 1 atom stereocenters. The lowest BCUT2D eigenvalue weighted by atomic mass is 9.95. The van der Waals surface area contributed by atoms with Gasteiger partial charge in [0, 0.05) is 36.2 Å². The van der Waals surface area contributed by atoms with E-state index in [2.05, 4.69) is 16.9 Å². The second kappa shape index (κ2) is 4.59. The van der Waals surface area contributed by atoms with Crippen molar-refractivity contribution < 1.29 is 4.39 Å². The highest BCUT2D eigenvalue weighted by Crippen LogP contribution is 2.43. The van der Waals surface area contributed by atoms with Gasteiger partial charge in [-0.15, -0.1) is 11.8 Å². The molecule has 2 nitrogen and oxygen atoms in total. The van der Waals surface area contributed by atoms with E-state index < -0.39 is 0 Å². The van der Waals surface area contributed by atoms with Gasteiger partial charge >= 0.3 is 0 Å². The van der Waals surface area contributed by atoms with Gasteiger partial charge in [-0.05, 0) is 37.2 Å². The molecule has 1 N–H and O–H groups in total. The van der Waals surface area contributed by atoms with Crippen molar-refractivity contribution in [1.29, 1.82) is 0 Å². The van der Waals surface area contributed by atoms with Crippen LogP contribution >= 0.6 is 11.8 Å². The molecule has 0 saturated heterocycles. The van der Waals surface area contributed by atoms with Gasteiger partial charge in [0.25, 0.3) is 0 Å². The number of halogens is 1. The fourth-order valence-electron chi connectivity index (χ4n) is 2.88. The van der Waals surface area contributed by atoms with Crippen LogP contribution in [-0.2, 0) is 7.05 Å². The van der Waals surface area contributed by atoms with Crippen LogP contribution in [0.2, 0.25) is 0 Å². The monoisotopic (exact) mass is 264 g/mol. The lowest BCUT2D eigenvalue weighted by Gasteiger charge is -2.23. The predicted molar refractivity (Wildman–Crippen MR) is 74.9 cm³/mol. The fraction of sp³-hybridized carbons (Fsp3) is 0.429. The van der Waals surface area contributed by atoms with Gasteiger partial charge in [0.15, 0.2) is 0 Å². The number of nitrogens with zero attached hydrogens (tertiary/aromatic N) is 1. The van der Waals surface area contributed by atoms with Crippen molar-refractivity contribution in [2.45, 2.75) is 17.4 Å². The molecule has 18 heavy (non-hydrogen) atoms. The van der Waals surface area contributed by atoms with E-state index in [1.165, 1.54) is 10.6 Å². The molecular weight excluding hydrogens is 247 g/mol. The summed E-state index contributed by atoms with van der Waals surface area (Å²) in [6.45, 7) is 0.961. The average molecular weight is 264 g/mol. The third-order valence-electron chi connectivity index (χ3n) is 3.71. The number of fused-ring (bicyclic) bond motifs is 3. The van der Waals surface area contributed by atoms with E-state index in [1.54, 1.807) is 12.1 Å². The third-order valence-corrected chi connectivity index (χ3v) is 4.92. The Morgan fingerprint density at radius 3 is 3.11 bits per heavy atom.